The molecule has 0 aliphatic carbocycles. The van der Waals surface area contributed by atoms with Crippen LogP contribution in [0.25, 0.3) is 0 Å². The lowest BCUT2D eigenvalue weighted by Gasteiger charge is -2.20. The van der Waals surface area contributed by atoms with Crippen LogP contribution in [0.4, 0.5) is 0 Å². The molecular weight excluding hydrogens is 404 g/mol. The van der Waals surface area contributed by atoms with Crippen molar-refractivity contribution in [3.05, 3.63) is 58.7 Å². The highest BCUT2D eigenvalue weighted by Gasteiger charge is 2.22. The van der Waals surface area contributed by atoms with Crippen molar-refractivity contribution in [1.29, 1.82) is 0 Å². The van der Waals surface area contributed by atoms with Crippen molar-refractivity contribution < 1.29 is 24.2 Å². The van der Waals surface area contributed by atoms with E-state index in [2.05, 4.69) is 18.8 Å². The quantitative estimate of drug-likeness (QED) is 0.410. The Hall–Kier alpha value is -3.26. The third-order valence-corrected chi connectivity index (χ3v) is 5.39. The number of carboxylic acid groups (broad SMARTS) is 1. The molecule has 0 unspecified atom stereocenters. The van der Waals surface area contributed by atoms with Crippen molar-refractivity contribution in [3.63, 3.8) is 0 Å². The van der Waals surface area contributed by atoms with E-state index in [1.807, 2.05) is 36.4 Å². The van der Waals surface area contributed by atoms with Gasteiger partial charge in [0, 0.05) is 30.4 Å². The van der Waals surface area contributed by atoms with Gasteiger partial charge in [-0.3, -0.25) is 9.59 Å². The van der Waals surface area contributed by atoms with E-state index in [4.69, 9.17) is 14.6 Å². The van der Waals surface area contributed by atoms with Crippen LogP contribution in [0.15, 0.2) is 36.4 Å². The standard InChI is InChI=1S/C27H30O5/c1-2-9-22-20(13-15-23-24(28)17-19-32-27(22)23)10-5-3-4-8-18-31-25-12-7-6-11-21(25)14-16-26(29)30/h6-7,11-13,15H,2-4,8-9,14,16-19H2,1H3,(H,29,30). The third kappa shape index (κ3) is 6.37. The molecule has 2 aromatic carbocycles. The smallest absolute Gasteiger partial charge is 0.303 e. The molecular formula is C27H30O5. The highest BCUT2D eigenvalue weighted by molar-refractivity contribution is 6.00. The van der Waals surface area contributed by atoms with Crippen LogP contribution in [0.2, 0.25) is 0 Å². The maximum Gasteiger partial charge on any atom is 0.303 e. The van der Waals surface area contributed by atoms with Gasteiger partial charge in [0.15, 0.2) is 5.78 Å². The van der Waals surface area contributed by atoms with Gasteiger partial charge in [0.25, 0.3) is 0 Å². The number of benzene rings is 2. The minimum absolute atomic E-state index is 0.0951. The van der Waals surface area contributed by atoms with Gasteiger partial charge in [0.2, 0.25) is 0 Å². The first-order valence-corrected chi connectivity index (χ1v) is 11.3. The third-order valence-electron chi connectivity index (χ3n) is 5.39. The molecule has 168 valence electrons. The zero-order chi connectivity index (χ0) is 22.8. The molecule has 0 saturated heterocycles. The molecule has 0 aromatic heterocycles. The van der Waals surface area contributed by atoms with Gasteiger partial charge in [0.1, 0.15) is 11.5 Å². The summed E-state index contributed by atoms with van der Waals surface area (Å²) in [5.41, 5.74) is 3.60. The van der Waals surface area contributed by atoms with Crippen LogP contribution in [-0.4, -0.2) is 30.1 Å². The Kier molecular flexibility index (Phi) is 8.74. The average Bonchev–Trinajstić information content (AvgIpc) is 2.79. The second kappa shape index (κ2) is 12.0. The highest BCUT2D eigenvalue weighted by atomic mass is 16.5. The highest BCUT2D eigenvalue weighted by Crippen LogP contribution is 2.32. The summed E-state index contributed by atoms with van der Waals surface area (Å²) in [4.78, 5) is 23.0. The molecule has 5 heteroatoms. The lowest BCUT2D eigenvalue weighted by atomic mass is 9.94. The minimum atomic E-state index is -0.808. The van der Waals surface area contributed by atoms with Crippen LogP contribution >= 0.6 is 0 Å². The zero-order valence-electron chi connectivity index (χ0n) is 18.6. The summed E-state index contributed by atoms with van der Waals surface area (Å²) < 4.78 is 11.7. The first-order chi connectivity index (χ1) is 15.6. The van der Waals surface area contributed by atoms with Crippen molar-refractivity contribution >= 4 is 11.8 Å². The van der Waals surface area contributed by atoms with Crippen LogP contribution in [0.1, 0.15) is 72.5 Å². The number of rotatable bonds is 10. The number of hydrogen-bond donors (Lipinski definition) is 1. The molecule has 0 spiro atoms. The normalized spacial score (nSPS) is 12.3. The molecule has 1 heterocycles. The molecule has 0 radical (unpaired) electrons. The number of carbonyl (C=O) groups excluding carboxylic acids is 1. The molecule has 1 aliphatic heterocycles. The topological polar surface area (TPSA) is 72.8 Å². The fraction of sp³-hybridized carbons (Fsp3) is 0.407. The Morgan fingerprint density at radius 1 is 1.16 bits per heavy atom. The number of para-hydroxylation sites is 1. The van der Waals surface area contributed by atoms with E-state index >= 15 is 0 Å². The van der Waals surface area contributed by atoms with Crippen molar-refractivity contribution in [3.8, 4) is 23.3 Å². The predicted molar refractivity (Wildman–Crippen MR) is 124 cm³/mol. The van der Waals surface area contributed by atoms with Gasteiger partial charge in [-0.15, -0.1) is 0 Å². The zero-order valence-corrected chi connectivity index (χ0v) is 18.6. The van der Waals surface area contributed by atoms with E-state index in [1.165, 1.54) is 0 Å². The second-order valence-electron chi connectivity index (χ2n) is 7.85. The maximum absolute atomic E-state index is 12.1. The Morgan fingerprint density at radius 2 is 2.00 bits per heavy atom. The number of ether oxygens (including phenoxy) is 2. The molecule has 3 rings (SSSR count). The molecule has 0 saturated carbocycles. The van der Waals surface area contributed by atoms with Gasteiger partial charge in [-0.25, -0.2) is 0 Å². The number of carbonyl (C=O) groups is 2. The molecule has 2 aromatic rings. The molecule has 0 bridgehead atoms. The summed E-state index contributed by atoms with van der Waals surface area (Å²) in [5, 5.41) is 8.89. The number of unbranched alkanes of at least 4 members (excludes halogenated alkanes) is 2. The van der Waals surface area contributed by atoms with E-state index in [0.717, 1.165) is 60.3 Å². The summed E-state index contributed by atoms with van der Waals surface area (Å²) in [6.45, 7) is 3.13. The number of Topliss-reactive ketones (excluding diaryl/α,β-unsaturated/α-hetero) is 1. The molecule has 5 nitrogen and oxygen atoms in total. The Balaban J connectivity index is 1.51. The van der Waals surface area contributed by atoms with E-state index < -0.39 is 5.97 Å². The summed E-state index contributed by atoms with van der Waals surface area (Å²) in [6.07, 6.45) is 5.34. The lowest BCUT2D eigenvalue weighted by molar-refractivity contribution is -0.136. The lowest BCUT2D eigenvalue weighted by Crippen LogP contribution is -2.17. The molecule has 1 N–H and O–H groups in total. The number of ketones is 1. The Morgan fingerprint density at radius 3 is 2.81 bits per heavy atom. The first kappa shape index (κ1) is 23.4. The molecule has 0 amide bonds. The largest absolute Gasteiger partial charge is 0.493 e. The molecule has 0 fully saturated rings. The summed E-state index contributed by atoms with van der Waals surface area (Å²) >= 11 is 0. The van der Waals surface area contributed by atoms with Gasteiger partial charge in [-0.05, 0) is 49.4 Å². The van der Waals surface area contributed by atoms with Crippen molar-refractivity contribution in [2.45, 2.75) is 58.3 Å². The Bertz CT molecular complexity index is 1010. The van der Waals surface area contributed by atoms with E-state index in [0.29, 0.717) is 31.6 Å². The summed E-state index contributed by atoms with van der Waals surface area (Å²) in [7, 11) is 0. The van der Waals surface area contributed by atoms with E-state index in [1.54, 1.807) is 0 Å². The monoisotopic (exact) mass is 434 g/mol. The molecule has 1 aliphatic rings. The average molecular weight is 435 g/mol. The Labute approximate surface area is 189 Å². The van der Waals surface area contributed by atoms with Gasteiger partial charge in [0.05, 0.1) is 18.8 Å². The van der Waals surface area contributed by atoms with Gasteiger partial charge in [-0.1, -0.05) is 43.4 Å². The number of fused-ring (bicyclic) bond motifs is 1. The van der Waals surface area contributed by atoms with E-state index in [9.17, 15) is 9.59 Å². The minimum Gasteiger partial charge on any atom is -0.493 e. The first-order valence-electron chi connectivity index (χ1n) is 11.3. The predicted octanol–water partition coefficient (Wildman–Crippen LogP) is 5.22. The fourth-order valence-corrected chi connectivity index (χ4v) is 3.76. The number of carboxylic acids is 1. The summed E-state index contributed by atoms with van der Waals surface area (Å²) in [5.74, 6) is 7.34. The van der Waals surface area contributed by atoms with Crippen LogP contribution in [0.3, 0.4) is 0 Å². The van der Waals surface area contributed by atoms with Gasteiger partial charge in [-0.2, -0.15) is 0 Å². The van der Waals surface area contributed by atoms with Crippen LogP contribution in [0.5, 0.6) is 11.5 Å². The number of hydrogen-bond acceptors (Lipinski definition) is 4. The van der Waals surface area contributed by atoms with E-state index in [-0.39, 0.29) is 12.2 Å². The molecule has 0 atom stereocenters. The van der Waals surface area contributed by atoms with Gasteiger partial charge < -0.3 is 14.6 Å². The van der Waals surface area contributed by atoms with Crippen LogP contribution in [0, 0.1) is 11.8 Å². The second-order valence-corrected chi connectivity index (χ2v) is 7.85. The molecule has 32 heavy (non-hydrogen) atoms. The maximum atomic E-state index is 12.1. The summed E-state index contributed by atoms with van der Waals surface area (Å²) in [6, 6.07) is 11.4. The van der Waals surface area contributed by atoms with Crippen molar-refractivity contribution in [2.24, 2.45) is 0 Å². The van der Waals surface area contributed by atoms with Crippen molar-refractivity contribution in [1.82, 2.24) is 0 Å². The number of aryl methyl sites for hydroxylation is 1. The number of aliphatic carboxylic acids is 1. The van der Waals surface area contributed by atoms with Crippen LogP contribution < -0.4 is 9.47 Å². The van der Waals surface area contributed by atoms with Crippen LogP contribution in [-0.2, 0) is 17.6 Å². The fourth-order valence-electron chi connectivity index (χ4n) is 3.76. The van der Waals surface area contributed by atoms with Crippen molar-refractivity contribution in [2.75, 3.05) is 13.2 Å². The SMILES string of the molecule is CCCc1c(C#CCCCCOc2ccccc2CCC(=O)O)ccc2c1OCCC2=O. The van der Waals surface area contributed by atoms with Gasteiger partial charge >= 0.3 is 5.97 Å².